The van der Waals surface area contributed by atoms with Gasteiger partial charge in [-0.15, -0.1) is 0 Å². The lowest BCUT2D eigenvalue weighted by molar-refractivity contribution is -0.120. The molecule has 1 aliphatic heterocycles. The lowest BCUT2D eigenvalue weighted by Gasteiger charge is -2.29. The number of anilines is 1. The maximum absolute atomic E-state index is 13.9. The molecule has 0 fully saturated rings. The van der Waals surface area contributed by atoms with Crippen LogP contribution in [-0.4, -0.2) is 45.9 Å². The van der Waals surface area contributed by atoms with Crippen LogP contribution < -0.4 is 10.1 Å². The molecule has 0 saturated carbocycles. The van der Waals surface area contributed by atoms with E-state index in [1.807, 2.05) is 6.07 Å². The van der Waals surface area contributed by atoms with E-state index in [0.29, 0.717) is 44.4 Å². The van der Waals surface area contributed by atoms with E-state index in [2.05, 4.69) is 10.3 Å². The normalized spacial score (nSPS) is 14.8. The summed E-state index contributed by atoms with van der Waals surface area (Å²) in [6, 6.07) is 21.2. The van der Waals surface area contributed by atoms with E-state index in [4.69, 9.17) is 16.3 Å². The molecule has 1 aromatic heterocycles. The molecule has 0 saturated heterocycles. The van der Waals surface area contributed by atoms with Gasteiger partial charge in [0.25, 0.3) is 5.91 Å². The highest BCUT2D eigenvalue weighted by atomic mass is 35.5. The Balaban J connectivity index is 1.57. The van der Waals surface area contributed by atoms with Gasteiger partial charge >= 0.3 is 5.97 Å². The number of aromatic carboxylic acids is 1. The fourth-order valence-corrected chi connectivity index (χ4v) is 4.82. The van der Waals surface area contributed by atoms with Gasteiger partial charge in [0.05, 0.1) is 23.9 Å². The van der Waals surface area contributed by atoms with Crippen molar-refractivity contribution in [2.24, 2.45) is 0 Å². The Kier molecular flexibility index (Phi) is 7.29. The highest BCUT2D eigenvalue weighted by molar-refractivity contribution is 6.31. The second kappa shape index (κ2) is 11.0. The zero-order valence-corrected chi connectivity index (χ0v) is 21.7. The number of aromatic nitrogens is 1. The van der Waals surface area contributed by atoms with Gasteiger partial charge in [-0.3, -0.25) is 14.6 Å². The standard InChI is InChI=1S/C30H24ClN3O5/c1-39-22-9-6-19(7-10-22)25-14-18(5-11-23(25)30(37)38)17-34-27(16-21-4-2-3-13-32-21)28(35)33-26-15-20(31)8-12-24(26)29(34)36/h2-15,27H,16-17H2,1H3,(H,33,35)(H,37,38)/t27-/m1/s1. The molecule has 1 atom stereocenters. The molecule has 2 heterocycles. The lowest BCUT2D eigenvalue weighted by Crippen LogP contribution is -2.46. The van der Waals surface area contributed by atoms with Crippen LogP contribution in [0.3, 0.4) is 0 Å². The summed E-state index contributed by atoms with van der Waals surface area (Å²) in [4.78, 5) is 45.2. The molecule has 0 radical (unpaired) electrons. The van der Waals surface area contributed by atoms with Crippen LogP contribution in [0.25, 0.3) is 11.1 Å². The molecule has 9 heteroatoms. The van der Waals surface area contributed by atoms with Gasteiger partial charge in [-0.25, -0.2) is 4.79 Å². The number of nitrogens with zero attached hydrogens (tertiary/aromatic N) is 2. The number of carboxylic acid groups (broad SMARTS) is 1. The van der Waals surface area contributed by atoms with Crippen molar-refractivity contribution in [1.82, 2.24) is 9.88 Å². The first kappa shape index (κ1) is 25.9. The smallest absolute Gasteiger partial charge is 0.336 e. The Morgan fingerprint density at radius 1 is 1.03 bits per heavy atom. The number of nitrogens with one attached hydrogen (secondary N) is 1. The van der Waals surface area contributed by atoms with E-state index in [9.17, 15) is 19.5 Å². The number of pyridine rings is 1. The molecule has 2 amide bonds. The van der Waals surface area contributed by atoms with Crippen LogP contribution in [-0.2, 0) is 17.8 Å². The topological polar surface area (TPSA) is 109 Å². The quantitative estimate of drug-likeness (QED) is 0.328. The minimum atomic E-state index is -1.07. The van der Waals surface area contributed by atoms with Gasteiger partial charge in [-0.1, -0.05) is 35.9 Å². The molecule has 8 nitrogen and oxygen atoms in total. The summed E-state index contributed by atoms with van der Waals surface area (Å²) in [5.74, 6) is -1.15. The maximum Gasteiger partial charge on any atom is 0.336 e. The van der Waals surface area contributed by atoms with Crippen molar-refractivity contribution in [3.05, 3.63) is 112 Å². The molecular weight excluding hydrogens is 518 g/mol. The molecule has 0 bridgehead atoms. The van der Waals surface area contributed by atoms with Crippen LogP contribution in [0.2, 0.25) is 5.02 Å². The van der Waals surface area contributed by atoms with Crippen molar-refractivity contribution in [1.29, 1.82) is 0 Å². The van der Waals surface area contributed by atoms with E-state index in [-0.39, 0.29) is 30.3 Å². The fourth-order valence-electron chi connectivity index (χ4n) is 4.64. The first-order valence-corrected chi connectivity index (χ1v) is 12.5. The van der Waals surface area contributed by atoms with Crippen LogP contribution in [0.15, 0.2) is 85.1 Å². The Morgan fingerprint density at radius 2 is 1.82 bits per heavy atom. The van der Waals surface area contributed by atoms with Crippen LogP contribution >= 0.6 is 11.6 Å². The maximum atomic E-state index is 13.9. The summed E-state index contributed by atoms with van der Waals surface area (Å²) in [5.41, 5.74) is 3.26. The molecule has 2 N–H and O–H groups in total. The zero-order valence-electron chi connectivity index (χ0n) is 20.9. The third kappa shape index (κ3) is 5.46. The number of hydrogen-bond acceptors (Lipinski definition) is 5. The number of amides is 2. The predicted octanol–water partition coefficient (Wildman–Crippen LogP) is 5.31. The van der Waals surface area contributed by atoms with E-state index in [0.717, 1.165) is 0 Å². The molecule has 1 aliphatic rings. The van der Waals surface area contributed by atoms with Crippen LogP contribution in [0.4, 0.5) is 5.69 Å². The van der Waals surface area contributed by atoms with Crippen molar-refractivity contribution in [2.45, 2.75) is 19.0 Å². The Hall–Kier alpha value is -4.69. The monoisotopic (exact) mass is 541 g/mol. The second-order valence-corrected chi connectivity index (χ2v) is 9.50. The van der Waals surface area contributed by atoms with Gasteiger partial charge in [0.15, 0.2) is 0 Å². The van der Waals surface area contributed by atoms with E-state index in [1.165, 1.54) is 11.0 Å². The summed E-state index contributed by atoms with van der Waals surface area (Å²) in [5, 5.41) is 13.1. The Bertz CT molecular complexity index is 1560. The zero-order chi connectivity index (χ0) is 27.5. The summed E-state index contributed by atoms with van der Waals surface area (Å²) in [7, 11) is 1.56. The van der Waals surface area contributed by atoms with Gasteiger partial charge in [0, 0.05) is 29.9 Å². The number of rotatable bonds is 7. The van der Waals surface area contributed by atoms with Crippen molar-refractivity contribution in [3.63, 3.8) is 0 Å². The average molecular weight is 542 g/mol. The van der Waals surface area contributed by atoms with Crippen molar-refractivity contribution in [3.8, 4) is 16.9 Å². The summed E-state index contributed by atoms with van der Waals surface area (Å²) >= 11 is 6.15. The number of benzene rings is 3. The largest absolute Gasteiger partial charge is 0.497 e. The van der Waals surface area contributed by atoms with Gasteiger partial charge in [0.1, 0.15) is 11.8 Å². The van der Waals surface area contributed by atoms with Crippen molar-refractivity contribution < 1.29 is 24.2 Å². The van der Waals surface area contributed by atoms with Crippen LogP contribution in [0.1, 0.15) is 32.0 Å². The molecule has 0 aliphatic carbocycles. The van der Waals surface area contributed by atoms with E-state index < -0.39 is 12.0 Å². The highest BCUT2D eigenvalue weighted by Crippen LogP contribution is 2.31. The van der Waals surface area contributed by atoms with Gasteiger partial charge in [-0.2, -0.15) is 0 Å². The lowest BCUT2D eigenvalue weighted by atomic mass is 9.96. The molecule has 39 heavy (non-hydrogen) atoms. The van der Waals surface area contributed by atoms with E-state index >= 15 is 0 Å². The van der Waals surface area contributed by atoms with Gasteiger partial charge < -0.3 is 20.1 Å². The van der Waals surface area contributed by atoms with Crippen molar-refractivity contribution in [2.75, 3.05) is 12.4 Å². The third-order valence-electron chi connectivity index (χ3n) is 6.61. The minimum absolute atomic E-state index is 0.0644. The van der Waals surface area contributed by atoms with E-state index in [1.54, 1.807) is 80.0 Å². The number of halogens is 1. The minimum Gasteiger partial charge on any atom is -0.497 e. The first-order chi connectivity index (χ1) is 18.8. The summed E-state index contributed by atoms with van der Waals surface area (Å²) < 4.78 is 5.23. The van der Waals surface area contributed by atoms with Crippen LogP contribution in [0, 0.1) is 0 Å². The number of carbonyl (C=O) groups excluding carboxylic acids is 2. The molecule has 3 aromatic carbocycles. The number of ether oxygens (including phenoxy) is 1. The highest BCUT2D eigenvalue weighted by Gasteiger charge is 2.36. The summed E-state index contributed by atoms with van der Waals surface area (Å²) in [6.45, 7) is 0.0644. The number of methoxy groups -OCH3 is 1. The van der Waals surface area contributed by atoms with Gasteiger partial charge in [0.2, 0.25) is 5.91 Å². The SMILES string of the molecule is COc1ccc(-c2cc(CN3C(=O)c4ccc(Cl)cc4NC(=O)[C@H]3Cc3ccccn3)ccc2C(=O)O)cc1. The predicted molar refractivity (Wildman–Crippen MR) is 147 cm³/mol. The first-order valence-electron chi connectivity index (χ1n) is 12.2. The fraction of sp³-hybridized carbons (Fsp3) is 0.133. The molecule has 5 rings (SSSR count). The van der Waals surface area contributed by atoms with Crippen molar-refractivity contribution >= 4 is 35.1 Å². The average Bonchev–Trinajstić information content (AvgIpc) is 3.03. The van der Waals surface area contributed by atoms with Crippen LogP contribution in [0.5, 0.6) is 5.75 Å². The number of hydrogen-bond donors (Lipinski definition) is 2. The number of carboxylic acids is 1. The number of carbonyl (C=O) groups is 3. The second-order valence-electron chi connectivity index (χ2n) is 9.07. The summed E-state index contributed by atoms with van der Waals surface area (Å²) in [6.07, 6.45) is 1.83. The molecule has 4 aromatic rings. The molecule has 196 valence electrons. The Labute approximate surface area is 229 Å². The molecular formula is C30H24ClN3O5. The van der Waals surface area contributed by atoms with Gasteiger partial charge in [-0.05, 0) is 71.3 Å². The number of fused-ring (bicyclic) bond motifs is 1. The molecule has 0 unspecified atom stereocenters. The Morgan fingerprint density at radius 3 is 2.51 bits per heavy atom. The third-order valence-corrected chi connectivity index (χ3v) is 6.84. The molecule has 0 spiro atoms.